The van der Waals surface area contributed by atoms with Crippen LogP contribution in [0.3, 0.4) is 0 Å². The second-order valence-electron chi connectivity index (χ2n) is 4.55. The summed E-state index contributed by atoms with van der Waals surface area (Å²) in [5.74, 6) is 1.54. The van der Waals surface area contributed by atoms with Crippen molar-refractivity contribution in [1.29, 1.82) is 0 Å². The van der Waals surface area contributed by atoms with Gasteiger partial charge in [0.25, 0.3) is 5.91 Å². The molecule has 1 fully saturated rings. The molecule has 1 aliphatic carbocycles. The lowest BCUT2D eigenvalue weighted by atomic mass is 9.80. The van der Waals surface area contributed by atoms with Crippen molar-refractivity contribution in [2.75, 3.05) is 12.4 Å². The number of nitrogens with zero attached hydrogens (tertiary/aromatic N) is 1. The van der Waals surface area contributed by atoms with Crippen molar-refractivity contribution in [3.05, 3.63) is 18.0 Å². The van der Waals surface area contributed by atoms with E-state index in [1.807, 2.05) is 0 Å². The summed E-state index contributed by atoms with van der Waals surface area (Å²) in [4.78, 5) is 11.7. The molecule has 4 nitrogen and oxygen atoms in total. The smallest absolute Gasteiger partial charge is 0.273 e. The predicted octanol–water partition coefficient (Wildman–Crippen LogP) is 2.45. The second-order valence-corrected chi connectivity index (χ2v) is 4.86. The second kappa shape index (κ2) is 6.05. The van der Waals surface area contributed by atoms with Gasteiger partial charge in [-0.2, -0.15) is 0 Å². The van der Waals surface area contributed by atoms with Crippen molar-refractivity contribution in [3.63, 3.8) is 0 Å². The Labute approximate surface area is 106 Å². The number of aromatic nitrogens is 1. The van der Waals surface area contributed by atoms with Gasteiger partial charge in [-0.25, -0.2) is 0 Å². The minimum absolute atomic E-state index is 0.169. The van der Waals surface area contributed by atoms with Gasteiger partial charge in [0.1, 0.15) is 6.26 Å². The van der Waals surface area contributed by atoms with Gasteiger partial charge in [-0.15, -0.1) is 11.6 Å². The average molecular weight is 257 g/mol. The maximum absolute atomic E-state index is 11.7. The SMILES string of the molecule is O=C(NCC1CCCCC1CCl)c1ccon1. The number of alkyl halides is 1. The van der Waals surface area contributed by atoms with E-state index >= 15 is 0 Å². The van der Waals surface area contributed by atoms with Gasteiger partial charge in [0, 0.05) is 18.5 Å². The largest absolute Gasteiger partial charge is 0.364 e. The summed E-state index contributed by atoms with van der Waals surface area (Å²) >= 11 is 5.95. The number of rotatable bonds is 4. The molecule has 0 saturated heterocycles. The summed E-state index contributed by atoms with van der Waals surface area (Å²) in [7, 11) is 0. The van der Waals surface area contributed by atoms with Gasteiger partial charge in [0.2, 0.25) is 0 Å². The van der Waals surface area contributed by atoms with Gasteiger partial charge in [-0.3, -0.25) is 4.79 Å². The monoisotopic (exact) mass is 256 g/mol. The van der Waals surface area contributed by atoms with E-state index in [1.54, 1.807) is 6.07 Å². The molecule has 94 valence electrons. The van der Waals surface area contributed by atoms with Crippen LogP contribution in [0.25, 0.3) is 0 Å². The van der Waals surface area contributed by atoms with Crippen LogP contribution in [-0.2, 0) is 0 Å². The topological polar surface area (TPSA) is 55.1 Å². The fourth-order valence-corrected chi connectivity index (χ4v) is 2.81. The van der Waals surface area contributed by atoms with Crippen molar-refractivity contribution >= 4 is 17.5 Å². The molecule has 1 aromatic rings. The molecule has 1 aromatic heterocycles. The van der Waals surface area contributed by atoms with Gasteiger partial charge >= 0.3 is 0 Å². The molecule has 0 aromatic carbocycles. The van der Waals surface area contributed by atoms with Crippen LogP contribution in [0.5, 0.6) is 0 Å². The molecule has 1 heterocycles. The van der Waals surface area contributed by atoms with Crippen LogP contribution >= 0.6 is 11.6 Å². The number of carbonyl (C=O) groups is 1. The third-order valence-corrected chi connectivity index (χ3v) is 3.86. The van der Waals surface area contributed by atoms with Gasteiger partial charge < -0.3 is 9.84 Å². The third-order valence-electron chi connectivity index (χ3n) is 3.46. The molecule has 0 spiro atoms. The molecule has 2 rings (SSSR count). The minimum atomic E-state index is -0.169. The molecule has 1 N–H and O–H groups in total. The maximum Gasteiger partial charge on any atom is 0.273 e. The first-order chi connectivity index (χ1) is 8.31. The van der Waals surface area contributed by atoms with E-state index in [-0.39, 0.29) is 5.91 Å². The van der Waals surface area contributed by atoms with Gasteiger partial charge in [0.05, 0.1) is 0 Å². The summed E-state index contributed by atoms with van der Waals surface area (Å²) in [6, 6.07) is 1.56. The van der Waals surface area contributed by atoms with Crippen LogP contribution in [0.1, 0.15) is 36.2 Å². The Morgan fingerprint density at radius 2 is 2.24 bits per heavy atom. The van der Waals surface area contributed by atoms with Crippen molar-refractivity contribution in [2.45, 2.75) is 25.7 Å². The van der Waals surface area contributed by atoms with Gasteiger partial charge in [-0.05, 0) is 24.7 Å². The highest BCUT2D eigenvalue weighted by Crippen LogP contribution is 2.30. The molecular formula is C12H17ClN2O2. The number of carbonyl (C=O) groups excluding carboxylic acids is 1. The molecule has 2 unspecified atom stereocenters. The first-order valence-electron chi connectivity index (χ1n) is 6.06. The highest BCUT2D eigenvalue weighted by atomic mass is 35.5. The summed E-state index contributed by atoms with van der Waals surface area (Å²) in [6.45, 7) is 0.684. The van der Waals surface area contributed by atoms with Crippen molar-refractivity contribution in [3.8, 4) is 0 Å². The molecule has 0 radical (unpaired) electrons. The summed E-state index contributed by atoms with van der Waals surface area (Å²) in [5.41, 5.74) is 0.336. The zero-order chi connectivity index (χ0) is 12.1. The van der Waals surface area contributed by atoms with Crippen molar-refractivity contribution < 1.29 is 9.32 Å². The molecule has 2 atom stereocenters. The van der Waals surface area contributed by atoms with E-state index in [0.29, 0.717) is 30.0 Å². The van der Waals surface area contributed by atoms with Crippen LogP contribution in [0, 0.1) is 11.8 Å². The molecule has 5 heteroatoms. The highest BCUT2D eigenvalue weighted by molar-refractivity contribution is 6.18. The molecule has 1 aliphatic rings. The number of amides is 1. The quantitative estimate of drug-likeness (QED) is 0.842. The highest BCUT2D eigenvalue weighted by Gasteiger charge is 2.24. The first-order valence-corrected chi connectivity index (χ1v) is 6.59. The normalized spacial score (nSPS) is 24.5. The molecule has 1 amide bonds. The zero-order valence-electron chi connectivity index (χ0n) is 9.69. The van der Waals surface area contributed by atoms with Gasteiger partial charge in [0.15, 0.2) is 5.69 Å². The number of halogens is 1. The van der Waals surface area contributed by atoms with Crippen LogP contribution < -0.4 is 5.32 Å². The van der Waals surface area contributed by atoms with E-state index in [0.717, 1.165) is 6.42 Å². The Morgan fingerprint density at radius 1 is 1.47 bits per heavy atom. The Hall–Kier alpha value is -1.03. The average Bonchev–Trinajstić information content (AvgIpc) is 2.90. The minimum Gasteiger partial charge on any atom is -0.364 e. The summed E-state index contributed by atoms with van der Waals surface area (Å²) in [6.07, 6.45) is 6.21. The lowest BCUT2D eigenvalue weighted by Gasteiger charge is -2.30. The van der Waals surface area contributed by atoms with Crippen molar-refractivity contribution in [2.24, 2.45) is 11.8 Å². The van der Waals surface area contributed by atoms with Crippen LogP contribution in [-0.4, -0.2) is 23.5 Å². The first kappa shape index (κ1) is 12.4. The lowest BCUT2D eigenvalue weighted by Crippen LogP contribution is -2.35. The van der Waals surface area contributed by atoms with Crippen LogP contribution in [0.15, 0.2) is 16.9 Å². The Kier molecular flexibility index (Phi) is 4.42. The maximum atomic E-state index is 11.7. The van der Waals surface area contributed by atoms with E-state index in [4.69, 9.17) is 11.6 Å². The van der Waals surface area contributed by atoms with E-state index in [9.17, 15) is 4.79 Å². The molecule has 17 heavy (non-hydrogen) atoms. The predicted molar refractivity (Wildman–Crippen MR) is 65.0 cm³/mol. The van der Waals surface area contributed by atoms with E-state index in [1.165, 1.54) is 25.5 Å². The van der Waals surface area contributed by atoms with Crippen LogP contribution in [0.2, 0.25) is 0 Å². The fraction of sp³-hybridized carbons (Fsp3) is 0.667. The third kappa shape index (κ3) is 3.22. The molecular weight excluding hydrogens is 240 g/mol. The Morgan fingerprint density at radius 3 is 2.88 bits per heavy atom. The number of hydrogen-bond acceptors (Lipinski definition) is 3. The molecule has 1 saturated carbocycles. The Bertz CT molecular complexity index is 353. The van der Waals surface area contributed by atoms with E-state index in [2.05, 4.69) is 15.0 Å². The summed E-state index contributed by atoms with van der Waals surface area (Å²) in [5, 5.41) is 6.50. The van der Waals surface area contributed by atoms with Crippen LogP contribution in [0.4, 0.5) is 0 Å². The molecule has 0 bridgehead atoms. The lowest BCUT2D eigenvalue weighted by molar-refractivity contribution is 0.0927. The summed E-state index contributed by atoms with van der Waals surface area (Å²) < 4.78 is 4.64. The van der Waals surface area contributed by atoms with Gasteiger partial charge in [-0.1, -0.05) is 18.0 Å². The number of nitrogens with one attached hydrogen (secondary N) is 1. The van der Waals surface area contributed by atoms with E-state index < -0.39 is 0 Å². The van der Waals surface area contributed by atoms with Crippen molar-refractivity contribution in [1.82, 2.24) is 10.5 Å². The molecule has 0 aliphatic heterocycles. The Balaban J connectivity index is 1.82. The zero-order valence-corrected chi connectivity index (χ0v) is 10.4. The standard InChI is InChI=1S/C12H17ClN2O2/c13-7-9-3-1-2-4-10(9)8-14-12(16)11-5-6-17-15-11/h5-6,9-10H,1-4,7-8H2,(H,14,16). The fourth-order valence-electron chi connectivity index (χ4n) is 2.40. The number of hydrogen-bond donors (Lipinski definition) is 1.